The Labute approximate surface area is 101 Å². The second-order valence-electron chi connectivity index (χ2n) is 5.13. The third-order valence-corrected chi connectivity index (χ3v) is 2.93. The zero-order chi connectivity index (χ0) is 13.0. The maximum Gasteiger partial charge on any atom is 0.159 e. The number of hydrogen-bond acceptors (Lipinski definition) is 1. The van der Waals surface area contributed by atoms with Gasteiger partial charge in [-0.2, -0.15) is 0 Å². The second-order valence-corrected chi connectivity index (χ2v) is 5.13. The predicted molar refractivity (Wildman–Crippen MR) is 64.7 cm³/mol. The smallest absolute Gasteiger partial charge is 0.159 e. The highest BCUT2D eigenvalue weighted by molar-refractivity contribution is 5.18. The van der Waals surface area contributed by atoms with Crippen molar-refractivity contribution in [2.24, 2.45) is 11.8 Å². The van der Waals surface area contributed by atoms with Gasteiger partial charge in [0.1, 0.15) is 0 Å². The molecule has 0 saturated heterocycles. The zero-order valence-electron chi connectivity index (χ0n) is 10.6. The minimum absolute atomic E-state index is 0.156. The van der Waals surface area contributed by atoms with Crippen molar-refractivity contribution in [3.05, 3.63) is 35.4 Å². The van der Waals surface area contributed by atoms with Crippen molar-refractivity contribution < 1.29 is 13.9 Å². The lowest BCUT2D eigenvalue weighted by atomic mass is 9.90. The highest BCUT2D eigenvalue weighted by Crippen LogP contribution is 2.19. The van der Waals surface area contributed by atoms with Crippen LogP contribution in [0.1, 0.15) is 32.8 Å². The number of hydrogen-bond donors (Lipinski definition) is 1. The highest BCUT2D eigenvalue weighted by atomic mass is 19.2. The maximum absolute atomic E-state index is 13.0. The average molecular weight is 242 g/mol. The van der Waals surface area contributed by atoms with Crippen molar-refractivity contribution >= 4 is 0 Å². The Hall–Kier alpha value is -0.960. The van der Waals surface area contributed by atoms with E-state index in [2.05, 4.69) is 13.8 Å². The lowest BCUT2D eigenvalue weighted by molar-refractivity contribution is 0.105. The summed E-state index contributed by atoms with van der Waals surface area (Å²) in [6, 6.07) is 3.77. The highest BCUT2D eigenvalue weighted by Gasteiger charge is 2.16. The van der Waals surface area contributed by atoms with Crippen LogP contribution in [0.25, 0.3) is 0 Å². The van der Waals surface area contributed by atoms with Gasteiger partial charge in [-0.25, -0.2) is 8.78 Å². The number of aliphatic hydroxyl groups excluding tert-OH is 1. The van der Waals surface area contributed by atoms with Gasteiger partial charge in [0.15, 0.2) is 11.6 Å². The zero-order valence-corrected chi connectivity index (χ0v) is 10.6. The SMILES string of the molecule is CC(C)CC(C)C(O)Cc1ccc(F)c(F)c1. The van der Waals surface area contributed by atoms with Crippen molar-refractivity contribution in [3.63, 3.8) is 0 Å². The van der Waals surface area contributed by atoms with Crippen LogP contribution in [0.5, 0.6) is 0 Å². The largest absolute Gasteiger partial charge is 0.393 e. The first-order valence-corrected chi connectivity index (χ1v) is 6.02. The fourth-order valence-corrected chi connectivity index (χ4v) is 2.01. The molecule has 0 amide bonds. The van der Waals surface area contributed by atoms with Crippen molar-refractivity contribution in [3.8, 4) is 0 Å². The Morgan fingerprint density at radius 3 is 2.29 bits per heavy atom. The molecule has 2 atom stereocenters. The van der Waals surface area contributed by atoms with E-state index < -0.39 is 17.7 Å². The van der Waals surface area contributed by atoms with Crippen molar-refractivity contribution in [1.82, 2.24) is 0 Å². The number of halogens is 2. The number of benzene rings is 1. The van der Waals surface area contributed by atoms with Gasteiger partial charge in [-0.05, 0) is 42.4 Å². The molecule has 0 aromatic heterocycles. The Balaban J connectivity index is 2.61. The first kappa shape index (κ1) is 14.1. The van der Waals surface area contributed by atoms with Crippen LogP contribution in [0.4, 0.5) is 8.78 Å². The van der Waals surface area contributed by atoms with Gasteiger partial charge < -0.3 is 5.11 Å². The van der Waals surface area contributed by atoms with Crippen LogP contribution in [-0.2, 0) is 6.42 Å². The maximum atomic E-state index is 13.0. The van der Waals surface area contributed by atoms with E-state index in [-0.39, 0.29) is 5.92 Å². The summed E-state index contributed by atoms with van der Waals surface area (Å²) >= 11 is 0. The second kappa shape index (κ2) is 6.10. The van der Waals surface area contributed by atoms with Gasteiger partial charge in [-0.1, -0.05) is 26.8 Å². The summed E-state index contributed by atoms with van der Waals surface area (Å²) in [6.07, 6.45) is 0.776. The minimum atomic E-state index is -0.855. The predicted octanol–water partition coefficient (Wildman–Crippen LogP) is 3.55. The molecule has 0 spiro atoms. The van der Waals surface area contributed by atoms with Crippen molar-refractivity contribution in [2.75, 3.05) is 0 Å². The van der Waals surface area contributed by atoms with Gasteiger partial charge in [-0.15, -0.1) is 0 Å². The minimum Gasteiger partial charge on any atom is -0.393 e. The first-order valence-electron chi connectivity index (χ1n) is 6.02. The molecule has 0 aliphatic carbocycles. The molecule has 17 heavy (non-hydrogen) atoms. The molecule has 0 radical (unpaired) electrons. The fraction of sp³-hybridized carbons (Fsp3) is 0.571. The van der Waals surface area contributed by atoms with E-state index in [1.807, 2.05) is 6.92 Å². The summed E-state index contributed by atoms with van der Waals surface area (Å²) in [5, 5.41) is 9.96. The Morgan fingerprint density at radius 1 is 1.12 bits per heavy atom. The summed E-state index contributed by atoms with van der Waals surface area (Å²) in [4.78, 5) is 0. The molecular weight excluding hydrogens is 222 g/mol. The molecule has 0 bridgehead atoms. The van der Waals surface area contributed by atoms with Crippen LogP contribution >= 0.6 is 0 Å². The third-order valence-electron chi connectivity index (χ3n) is 2.93. The Kier molecular flexibility index (Phi) is 5.06. The molecule has 0 aliphatic heterocycles. The monoisotopic (exact) mass is 242 g/mol. The molecule has 1 aromatic rings. The van der Waals surface area contributed by atoms with E-state index >= 15 is 0 Å². The molecule has 0 saturated carbocycles. The summed E-state index contributed by atoms with van der Waals surface area (Å²) in [7, 11) is 0. The summed E-state index contributed by atoms with van der Waals surface area (Å²) in [5.74, 6) is -1.03. The lowest BCUT2D eigenvalue weighted by Gasteiger charge is -2.20. The van der Waals surface area contributed by atoms with Crippen LogP contribution in [-0.4, -0.2) is 11.2 Å². The molecule has 0 heterocycles. The molecule has 1 N–H and O–H groups in total. The van der Waals surface area contributed by atoms with E-state index in [0.717, 1.165) is 18.6 Å². The van der Waals surface area contributed by atoms with Gasteiger partial charge in [-0.3, -0.25) is 0 Å². The van der Waals surface area contributed by atoms with E-state index in [0.29, 0.717) is 17.9 Å². The standard InChI is InChI=1S/C14H20F2O/c1-9(2)6-10(3)14(17)8-11-4-5-12(15)13(16)7-11/h4-5,7,9-10,14,17H,6,8H2,1-3H3. The lowest BCUT2D eigenvalue weighted by Crippen LogP contribution is -2.21. The van der Waals surface area contributed by atoms with Crippen molar-refractivity contribution in [1.29, 1.82) is 0 Å². The summed E-state index contributed by atoms with van der Waals surface area (Å²) in [6.45, 7) is 6.17. The number of rotatable bonds is 5. The molecule has 0 aliphatic rings. The van der Waals surface area contributed by atoms with Gasteiger partial charge in [0.2, 0.25) is 0 Å². The van der Waals surface area contributed by atoms with Gasteiger partial charge in [0.25, 0.3) is 0 Å². The van der Waals surface area contributed by atoms with Gasteiger partial charge >= 0.3 is 0 Å². The van der Waals surface area contributed by atoms with Crippen LogP contribution in [0, 0.1) is 23.5 Å². The van der Waals surface area contributed by atoms with Crippen LogP contribution in [0.2, 0.25) is 0 Å². The molecule has 0 fully saturated rings. The normalized spacial score (nSPS) is 15.0. The van der Waals surface area contributed by atoms with E-state index in [9.17, 15) is 13.9 Å². The topological polar surface area (TPSA) is 20.2 Å². The third kappa shape index (κ3) is 4.43. The molecule has 1 rings (SSSR count). The Morgan fingerprint density at radius 2 is 1.76 bits per heavy atom. The van der Waals surface area contributed by atoms with Crippen molar-refractivity contribution in [2.45, 2.75) is 39.7 Å². The van der Waals surface area contributed by atoms with Crippen LogP contribution in [0.3, 0.4) is 0 Å². The van der Waals surface area contributed by atoms with Gasteiger partial charge in [0, 0.05) is 0 Å². The van der Waals surface area contributed by atoms with Gasteiger partial charge in [0.05, 0.1) is 6.10 Å². The summed E-state index contributed by atoms with van der Waals surface area (Å²) < 4.78 is 25.7. The van der Waals surface area contributed by atoms with E-state index in [1.54, 1.807) is 0 Å². The van der Waals surface area contributed by atoms with Crippen LogP contribution < -0.4 is 0 Å². The van der Waals surface area contributed by atoms with E-state index in [4.69, 9.17) is 0 Å². The molecule has 1 nitrogen and oxygen atoms in total. The Bertz CT molecular complexity index is 363. The molecule has 3 heteroatoms. The molecule has 2 unspecified atom stereocenters. The quantitative estimate of drug-likeness (QED) is 0.837. The first-order chi connectivity index (χ1) is 7.90. The summed E-state index contributed by atoms with van der Waals surface area (Å²) in [5.41, 5.74) is 0.631. The average Bonchev–Trinajstić information content (AvgIpc) is 2.22. The number of aliphatic hydroxyl groups is 1. The van der Waals surface area contributed by atoms with E-state index in [1.165, 1.54) is 6.07 Å². The molecular formula is C14H20F2O. The fourth-order valence-electron chi connectivity index (χ4n) is 2.01. The van der Waals surface area contributed by atoms with Crippen LogP contribution in [0.15, 0.2) is 18.2 Å². The molecule has 96 valence electrons. The molecule has 1 aromatic carbocycles.